The second-order valence-corrected chi connectivity index (χ2v) is 6.59. The maximum absolute atomic E-state index is 12.6. The Morgan fingerprint density at radius 2 is 2.17 bits per heavy atom. The molecule has 1 saturated heterocycles. The Labute approximate surface area is 137 Å². The molecule has 0 spiro atoms. The monoisotopic (exact) mass is 327 g/mol. The van der Waals surface area contributed by atoms with Crippen molar-refractivity contribution in [3.05, 3.63) is 30.1 Å². The Hall–Kier alpha value is -2.70. The second-order valence-electron chi connectivity index (χ2n) is 6.59. The fourth-order valence-corrected chi connectivity index (χ4v) is 3.80. The fraction of sp³-hybridized carbons (Fsp3) is 0.412. The number of nitrogens with zero attached hydrogens (tertiary/aromatic N) is 3. The number of rotatable bonds is 4. The fourth-order valence-electron chi connectivity index (χ4n) is 3.80. The van der Waals surface area contributed by atoms with Crippen molar-refractivity contribution in [3.8, 4) is 0 Å². The summed E-state index contributed by atoms with van der Waals surface area (Å²) in [5.74, 6) is -0.855. The summed E-state index contributed by atoms with van der Waals surface area (Å²) in [7, 11) is 0. The number of aliphatic carboxylic acids is 1. The highest BCUT2D eigenvalue weighted by atomic mass is 16.4. The average molecular weight is 327 g/mol. The van der Waals surface area contributed by atoms with Gasteiger partial charge in [0.05, 0.1) is 0 Å². The van der Waals surface area contributed by atoms with Gasteiger partial charge in [0.1, 0.15) is 18.2 Å². The van der Waals surface area contributed by atoms with Crippen LogP contribution in [-0.2, 0) is 16.1 Å². The van der Waals surface area contributed by atoms with E-state index in [4.69, 9.17) is 0 Å². The van der Waals surface area contributed by atoms with E-state index in [0.29, 0.717) is 29.1 Å². The first-order valence-corrected chi connectivity index (χ1v) is 7.94. The Morgan fingerprint density at radius 3 is 2.88 bits per heavy atom. The van der Waals surface area contributed by atoms with Gasteiger partial charge in [-0.25, -0.2) is 9.78 Å². The van der Waals surface area contributed by atoms with Crippen LogP contribution in [0.1, 0.15) is 23.7 Å². The molecular formula is C17H17N3O4. The highest BCUT2D eigenvalue weighted by Gasteiger charge is 2.57. The van der Waals surface area contributed by atoms with Gasteiger partial charge in [0.2, 0.25) is 5.91 Å². The molecule has 1 amide bonds. The number of ketones is 1. The van der Waals surface area contributed by atoms with Crippen LogP contribution >= 0.6 is 0 Å². The molecule has 7 heteroatoms. The molecule has 1 N–H and O–H groups in total. The summed E-state index contributed by atoms with van der Waals surface area (Å²) in [5.41, 5.74) is 1.08. The predicted molar refractivity (Wildman–Crippen MR) is 84.5 cm³/mol. The Kier molecular flexibility index (Phi) is 3.19. The van der Waals surface area contributed by atoms with Crippen molar-refractivity contribution in [1.29, 1.82) is 0 Å². The van der Waals surface area contributed by atoms with Crippen molar-refractivity contribution in [2.45, 2.75) is 25.9 Å². The minimum absolute atomic E-state index is 0.00991. The highest BCUT2D eigenvalue weighted by molar-refractivity contribution is 6.06. The normalized spacial score (nSPS) is 24.9. The van der Waals surface area contributed by atoms with E-state index in [-0.39, 0.29) is 24.2 Å². The number of likely N-dealkylation sites (tertiary alicyclic amines) is 1. The predicted octanol–water partition coefficient (Wildman–Crippen LogP) is 1.17. The molecule has 3 heterocycles. The zero-order valence-corrected chi connectivity index (χ0v) is 13.2. The maximum atomic E-state index is 12.6. The molecule has 0 radical (unpaired) electrons. The van der Waals surface area contributed by atoms with Crippen LogP contribution in [-0.4, -0.2) is 49.8 Å². The molecule has 0 bridgehead atoms. The molecule has 4 rings (SSSR count). The number of amides is 1. The zero-order chi connectivity index (χ0) is 17.0. The lowest BCUT2D eigenvalue weighted by Crippen LogP contribution is -2.44. The largest absolute Gasteiger partial charge is 0.480 e. The van der Waals surface area contributed by atoms with Gasteiger partial charge in [-0.15, -0.1) is 0 Å². The first-order valence-electron chi connectivity index (χ1n) is 7.94. The number of carbonyl (C=O) groups is 3. The number of hydrogen-bond donors (Lipinski definition) is 1. The summed E-state index contributed by atoms with van der Waals surface area (Å²) < 4.78 is 1.64. The van der Waals surface area contributed by atoms with Crippen LogP contribution in [0.3, 0.4) is 0 Å². The Balaban J connectivity index is 1.64. The molecule has 2 aromatic heterocycles. The third-order valence-corrected chi connectivity index (χ3v) is 5.04. The Bertz CT molecular complexity index is 872. The molecule has 1 aliphatic heterocycles. The minimum Gasteiger partial charge on any atom is -0.480 e. The number of aromatic nitrogens is 2. The van der Waals surface area contributed by atoms with Crippen molar-refractivity contribution >= 4 is 28.7 Å². The van der Waals surface area contributed by atoms with Crippen molar-refractivity contribution in [3.63, 3.8) is 0 Å². The quantitative estimate of drug-likeness (QED) is 0.851. The van der Waals surface area contributed by atoms with E-state index in [2.05, 4.69) is 4.98 Å². The van der Waals surface area contributed by atoms with Crippen molar-refractivity contribution in [2.24, 2.45) is 11.8 Å². The van der Waals surface area contributed by atoms with E-state index in [1.54, 1.807) is 29.1 Å². The first kappa shape index (κ1) is 14.9. The van der Waals surface area contributed by atoms with Crippen LogP contribution in [0.4, 0.5) is 0 Å². The van der Waals surface area contributed by atoms with E-state index in [1.807, 2.05) is 0 Å². The highest BCUT2D eigenvalue weighted by Crippen LogP contribution is 2.49. The lowest BCUT2D eigenvalue weighted by Gasteiger charge is -2.24. The minimum atomic E-state index is -0.937. The molecule has 2 fully saturated rings. The Morgan fingerprint density at radius 1 is 1.38 bits per heavy atom. The number of carbonyl (C=O) groups excluding carboxylic acids is 2. The van der Waals surface area contributed by atoms with Crippen LogP contribution in [0.2, 0.25) is 0 Å². The molecule has 1 aliphatic carbocycles. The standard InChI is InChI=1S/C17H17N3O4/c1-9(21)13-7-19(16-11(13)3-2-4-18-16)8-14(22)20-6-10-5-12(10)15(20)17(23)24/h2-4,7,10,12,15H,5-6,8H2,1H3,(H,23,24)/t10-,12-,15+/m1/s1. The summed E-state index contributed by atoms with van der Waals surface area (Å²) in [6, 6.07) is 2.82. The summed E-state index contributed by atoms with van der Waals surface area (Å²) in [5, 5.41) is 10.1. The van der Waals surface area contributed by atoms with Gasteiger partial charge >= 0.3 is 5.97 Å². The van der Waals surface area contributed by atoms with Gasteiger partial charge < -0.3 is 14.6 Å². The van der Waals surface area contributed by atoms with Crippen LogP contribution in [0, 0.1) is 11.8 Å². The number of piperidine rings is 1. The summed E-state index contributed by atoms with van der Waals surface area (Å²) in [6.45, 7) is 1.97. The van der Waals surface area contributed by atoms with E-state index in [1.165, 1.54) is 11.8 Å². The number of pyridine rings is 1. The molecule has 2 aromatic rings. The SMILES string of the molecule is CC(=O)c1cn(CC(=O)N2C[C@H]3C[C@H]3[C@H]2C(=O)O)c2ncccc12. The molecular weight excluding hydrogens is 310 g/mol. The topological polar surface area (TPSA) is 92.5 Å². The van der Waals surface area contributed by atoms with E-state index >= 15 is 0 Å². The van der Waals surface area contributed by atoms with Crippen LogP contribution in [0.5, 0.6) is 0 Å². The van der Waals surface area contributed by atoms with Gasteiger partial charge in [0.25, 0.3) is 0 Å². The number of fused-ring (bicyclic) bond motifs is 2. The smallest absolute Gasteiger partial charge is 0.326 e. The van der Waals surface area contributed by atoms with Gasteiger partial charge in [0.15, 0.2) is 5.78 Å². The van der Waals surface area contributed by atoms with Gasteiger partial charge in [-0.3, -0.25) is 9.59 Å². The summed E-state index contributed by atoms with van der Waals surface area (Å²) in [4.78, 5) is 41.6. The number of hydrogen-bond acceptors (Lipinski definition) is 4. The third kappa shape index (κ3) is 2.19. The van der Waals surface area contributed by atoms with E-state index in [9.17, 15) is 19.5 Å². The van der Waals surface area contributed by atoms with Gasteiger partial charge in [-0.1, -0.05) is 0 Å². The third-order valence-electron chi connectivity index (χ3n) is 5.04. The first-order chi connectivity index (χ1) is 11.5. The van der Waals surface area contributed by atoms with Crippen LogP contribution in [0.15, 0.2) is 24.5 Å². The maximum Gasteiger partial charge on any atom is 0.326 e. The molecule has 124 valence electrons. The molecule has 0 aromatic carbocycles. The molecule has 1 saturated carbocycles. The van der Waals surface area contributed by atoms with Crippen LogP contribution in [0.25, 0.3) is 11.0 Å². The van der Waals surface area contributed by atoms with E-state index in [0.717, 1.165) is 6.42 Å². The van der Waals surface area contributed by atoms with Crippen molar-refractivity contribution < 1.29 is 19.5 Å². The second kappa shape index (κ2) is 5.15. The summed E-state index contributed by atoms with van der Waals surface area (Å²) >= 11 is 0. The summed E-state index contributed by atoms with van der Waals surface area (Å²) in [6.07, 6.45) is 4.13. The number of carboxylic acid groups (broad SMARTS) is 1. The van der Waals surface area contributed by atoms with Crippen molar-refractivity contribution in [1.82, 2.24) is 14.5 Å². The van der Waals surface area contributed by atoms with Gasteiger partial charge in [-0.05, 0) is 37.3 Å². The van der Waals surface area contributed by atoms with Crippen LogP contribution < -0.4 is 0 Å². The zero-order valence-electron chi connectivity index (χ0n) is 13.2. The molecule has 7 nitrogen and oxygen atoms in total. The molecule has 0 unspecified atom stereocenters. The molecule has 24 heavy (non-hydrogen) atoms. The average Bonchev–Trinajstić information content (AvgIpc) is 3.04. The van der Waals surface area contributed by atoms with Crippen molar-refractivity contribution in [2.75, 3.05) is 6.54 Å². The lowest BCUT2D eigenvalue weighted by atomic mass is 10.2. The molecule has 3 atom stereocenters. The molecule has 2 aliphatic rings. The number of carboxylic acids is 1. The van der Waals surface area contributed by atoms with E-state index < -0.39 is 12.0 Å². The van der Waals surface area contributed by atoms with Gasteiger partial charge in [0, 0.05) is 29.9 Å². The lowest BCUT2D eigenvalue weighted by molar-refractivity contribution is -0.149. The number of Topliss-reactive ketones (excluding diaryl/α,β-unsaturated/α-hetero) is 1. The van der Waals surface area contributed by atoms with Gasteiger partial charge in [-0.2, -0.15) is 0 Å².